The quantitative estimate of drug-likeness (QED) is 0.807. The first kappa shape index (κ1) is 11.2. The Morgan fingerprint density at radius 3 is 2.79 bits per heavy atom. The fourth-order valence-electron chi connectivity index (χ4n) is 1.09. The van der Waals surface area contributed by atoms with Gasteiger partial charge in [0, 0.05) is 10.9 Å². The zero-order valence-electron chi connectivity index (χ0n) is 7.72. The molecule has 14 heavy (non-hydrogen) atoms. The van der Waals surface area contributed by atoms with E-state index in [0.717, 1.165) is 5.56 Å². The largest absolute Gasteiger partial charge is 0.378 e. The molecule has 1 N–H and O–H groups in total. The lowest BCUT2D eigenvalue weighted by molar-refractivity contribution is 0.123. The molecule has 1 unspecified atom stereocenters. The van der Waals surface area contributed by atoms with Crippen molar-refractivity contribution in [3.8, 4) is 12.3 Å². The van der Waals surface area contributed by atoms with Crippen molar-refractivity contribution in [2.24, 2.45) is 0 Å². The maximum absolute atomic E-state index is 12.7. The number of benzene rings is 1. The van der Waals surface area contributed by atoms with E-state index >= 15 is 0 Å². The Hall–Kier alpha value is -0.850. The zero-order valence-corrected chi connectivity index (χ0v) is 9.31. The van der Waals surface area contributed by atoms with Crippen LogP contribution in [0.5, 0.6) is 0 Å². The van der Waals surface area contributed by atoms with E-state index in [-0.39, 0.29) is 5.82 Å². The molecule has 3 heteroatoms. The summed E-state index contributed by atoms with van der Waals surface area (Å²) in [5, 5.41) is 9.62. The van der Waals surface area contributed by atoms with Gasteiger partial charge in [0.15, 0.2) is 0 Å². The normalized spacial score (nSPS) is 14.5. The summed E-state index contributed by atoms with van der Waals surface area (Å²) in [7, 11) is 0. The van der Waals surface area contributed by atoms with Gasteiger partial charge < -0.3 is 5.11 Å². The number of rotatable bonds is 2. The van der Waals surface area contributed by atoms with E-state index in [1.54, 1.807) is 13.0 Å². The van der Waals surface area contributed by atoms with Gasteiger partial charge in [-0.15, -0.1) is 6.42 Å². The molecule has 1 nitrogen and oxygen atoms in total. The second-order valence-electron chi connectivity index (χ2n) is 3.33. The van der Waals surface area contributed by atoms with Crippen LogP contribution in [0.2, 0.25) is 0 Å². The maximum Gasteiger partial charge on any atom is 0.126 e. The number of hydrogen-bond acceptors (Lipinski definition) is 1. The van der Waals surface area contributed by atoms with Crippen LogP contribution >= 0.6 is 15.9 Å². The van der Waals surface area contributed by atoms with Crippen LogP contribution in [0.1, 0.15) is 12.5 Å². The molecule has 0 heterocycles. The van der Waals surface area contributed by atoms with Gasteiger partial charge >= 0.3 is 0 Å². The molecule has 0 aliphatic heterocycles. The molecule has 0 radical (unpaired) electrons. The summed E-state index contributed by atoms with van der Waals surface area (Å²) in [5.74, 6) is 1.95. The number of aliphatic hydroxyl groups is 1. The molecule has 0 aliphatic carbocycles. The van der Waals surface area contributed by atoms with Gasteiger partial charge in [0.1, 0.15) is 11.4 Å². The highest BCUT2D eigenvalue weighted by molar-refractivity contribution is 9.10. The average molecular weight is 257 g/mol. The van der Waals surface area contributed by atoms with Gasteiger partial charge in [-0.25, -0.2) is 4.39 Å². The maximum atomic E-state index is 12.7. The van der Waals surface area contributed by atoms with Crippen LogP contribution in [0, 0.1) is 18.2 Å². The number of hydrogen-bond donors (Lipinski definition) is 1. The highest BCUT2D eigenvalue weighted by Crippen LogP contribution is 2.22. The molecular weight excluding hydrogens is 247 g/mol. The van der Waals surface area contributed by atoms with E-state index in [0.29, 0.717) is 10.9 Å². The summed E-state index contributed by atoms with van der Waals surface area (Å²) < 4.78 is 13.3. The molecule has 0 saturated carbocycles. The minimum Gasteiger partial charge on any atom is -0.378 e. The van der Waals surface area contributed by atoms with Crippen molar-refractivity contribution in [2.75, 3.05) is 0 Å². The SMILES string of the molecule is C#CC(C)(O)Cc1ccc(F)cc1Br. The molecule has 0 aromatic heterocycles. The summed E-state index contributed by atoms with van der Waals surface area (Å²) in [5.41, 5.74) is -0.408. The van der Waals surface area contributed by atoms with Crippen LogP contribution in [0.4, 0.5) is 4.39 Å². The second kappa shape index (κ2) is 4.12. The lowest BCUT2D eigenvalue weighted by atomic mass is 9.98. The number of terminal acetylenes is 1. The first-order valence-corrected chi connectivity index (χ1v) is 4.88. The van der Waals surface area contributed by atoms with Gasteiger partial charge in [-0.2, -0.15) is 0 Å². The summed E-state index contributed by atoms with van der Waals surface area (Å²) in [6, 6.07) is 4.29. The van der Waals surface area contributed by atoms with Crippen molar-refractivity contribution in [2.45, 2.75) is 18.9 Å². The molecular formula is C11H10BrFO. The van der Waals surface area contributed by atoms with Crippen LogP contribution in [0.15, 0.2) is 22.7 Å². The smallest absolute Gasteiger partial charge is 0.126 e. The van der Waals surface area contributed by atoms with Gasteiger partial charge in [-0.3, -0.25) is 0 Å². The van der Waals surface area contributed by atoms with Gasteiger partial charge in [0.05, 0.1) is 0 Å². The third-order valence-corrected chi connectivity index (χ3v) is 2.60. The van der Waals surface area contributed by atoms with Crippen LogP contribution in [0.3, 0.4) is 0 Å². The Bertz CT molecular complexity index is 379. The third-order valence-electron chi connectivity index (χ3n) is 1.86. The van der Waals surface area contributed by atoms with E-state index < -0.39 is 5.60 Å². The standard InChI is InChI=1S/C11H10BrFO/c1-3-11(2,14)7-8-4-5-9(13)6-10(8)12/h1,4-6,14H,7H2,2H3. The first-order valence-electron chi connectivity index (χ1n) is 4.09. The van der Waals surface area contributed by atoms with Crippen LogP contribution < -0.4 is 0 Å². The number of halogens is 2. The lowest BCUT2D eigenvalue weighted by Gasteiger charge is -2.16. The Balaban J connectivity index is 2.94. The minimum atomic E-state index is -1.19. The molecule has 0 fully saturated rings. The van der Waals surface area contributed by atoms with E-state index in [9.17, 15) is 9.50 Å². The molecule has 0 bridgehead atoms. The highest BCUT2D eigenvalue weighted by Gasteiger charge is 2.18. The van der Waals surface area contributed by atoms with Crippen LogP contribution in [-0.2, 0) is 6.42 Å². The van der Waals surface area contributed by atoms with Crippen molar-refractivity contribution < 1.29 is 9.50 Å². The predicted octanol–water partition coefficient (Wildman–Crippen LogP) is 2.51. The van der Waals surface area contributed by atoms with Crippen LogP contribution in [-0.4, -0.2) is 10.7 Å². The van der Waals surface area contributed by atoms with E-state index in [2.05, 4.69) is 21.9 Å². The van der Waals surface area contributed by atoms with Crippen molar-refractivity contribution in [3.05, 3.63) is 34.1 Å². The first-order chi connectivity index (χ1) is 6.44. The van der Waals surface area contributed by atoms with Gasteiger partial charge in [0.2, 0.25) is 0 Å². The van der Waals surface area contributed by atoms with Gasteiger partial charge in [0.25, 0.3) is 0 Å². The van der Waals surface area contributed by atoms with Crippen molar-refractivity contribution in [1.29, 1.82) is 0 Å². The molecule has 0 amide bonds. The zero-order chi connectivity index (χ0) is 10.8. The molecule has 1 atom stereocenters. The molecule has 0 spiro atoms. The molecule has 1 aromatic carbocycles. The summed E-state index contributed by atoms with van der Waals surface area (Å²) in [6.07, 6.45) is 5.44. The van der Waals surface area contributed by atoms with Gasteiger partial charge in [-0.05, 0) is 24.6 Å². The molecule has 1 aromatic rings. The average Bonchev–Trinajstić information content (AvgIpc) is 2.10. The Labute approximate surface area is 91.1 Å². The Morgan fingerprint density at radius 1 is 1.64 bits per heavy atom. The minimum absolute atomic E-state index is 0.296. The van der Waals surface area contributed by atoms with Gasteiger partial charge in [-0.1, -0.05) is 27.9 Å². The predicted molar refractivity (Wildman–Crippen MR) is 57.3 cm³/mol. The molecule has 1 rings (SSSR count). The second-order valence-corrected chi connectivity index (χ2v) is 4.19. The molecule has 74 valence electrons. The van der Waals surface area contributed by atoms with E-state index in [1.807, 2.05) is 0 Å². The summed E-state index contributed by atoms with van der Waals surface area (Å²) >= 11 is 3.21. The third kappa shape index (κ3) is 2.83. The van der Waals surface area contributed by atoms with E-state index in [4.69, 9.17) is 6.42 Å². The Kier molecular flexibility index (Phi) is 3.30. The summed E-state index contributed by atoms with van der Waals surface area (Å²) in [6.45, 7) is 1.54. The monoisotopic (exact) mass is 256 g/mol. The van der Waals surface area contributed by atoms with Crippen molar-refractivity contribution >= 4 is 15.9 Å². The molecule has 0 aliphatic rings. The van der Waals surface area contributed by atoms with Crippen molar-refractivity contribution in [3.63, 3.8) is 0 Å². The molecule has 0 saturated heterocycles. The van der Waals surface area contributed by atoms with Crippen LogP contribution in [0.25, 0.3) is 0 Å². The fraction of sp³-hybridized carbons (Fsp3) is 0.273. The topological polar surface area (TPSA) is 20.2 Å². The highest BCUT2D eigenvalue weighted by atomic mass is 79.9. The summed E-state index contributed by atoms with van der Waals surface area (Å²) in [4.78, 5) is 0. The lowest BCUT2D eigenvalue weighted by Crippen LogP contribution is -2.24. The van der Waals surface area contributed by atoms with Crippen molar-refractivity contribution in [1.82, 2.24) is 0 Å². The van der Waals surface area contributed by atoms with E-state index in [1.165, 1.54) is 12.1 Å². The fourth-order valence-corrected chi connectivity index (χ4v) is 1.58. The Morgan fingerprint density at radius 2 is 2.29 bits per heavy atom.